The van der Waals surface area contributed by atoms with Gasteiger partial charge in [-0.25, -0.2) is 4.79 Å². The molecule has 0 spiro atoms. The Morgan fingerprint density at radius 1 is 1.20 bits per heavy atom. The van der Waals surface area contributed by atoms with Crippen LogP contribution in [0.3, 0.4) is 0 Å². The number of carbonyl (C=O) groups excluding carboxylic acids is 2. The van der Waals surface area contributed by atoms with Crippen molar-refractivity contribution in [3.63, 3.8) is 0 Å². The summed E-state index contributed by atoms with van der Waals surface area (Å²) in [6.45, 7) is 5.81. The van der Waals surface area contributed by atoms with Gasteiger partial charge in [0.25, 0.3) is 0 Å². The molecular formula is C15H19NO4. The Labute approximate surface area is 118 Å². The smallest absolute Gasteiger partial charge is 0.334 e. The predicted molar refractivity (Wildman–Crippen MR) is 74.8 cm³/mol. The SMILES string of the molecule is CCOC(=O)CC(=Cc1cccc(C)n1)C(=O)OCC. The van der Waals surface area contributed by atoms with Gasteiger partial charge in [-0.2, -0.15) is 0 Å². The molecule has 1 aromatic rings. The second-order valence-electron chi connectivity index (χ2n) is 4.08. The molecule has 0 saturated carbocycles. The van der Waals surface area contributed by atoms with Gasteiger partial charge in [0, 0.05) is 5.69 Å². The van der Waals surface area contributed by atoms with E-state index in [1.165, 1.54) is 0 Å². The first kappa shape index (κ1) is 15.9. The van der Waals surface area contributed by atoms with Crippen LogP contribution in [0.15, 0.2) is 23.8 Å². The van der Waals surface area contributed by atoms with Crippen LogP contribution in [0.2, 0.25) is 0 Å². The van der Waals surface area contributed by atoms with Crippen molar-refractivity contribution in [2.75, 3.05) is 13.2 Å². The number of esters is 2. The number of ether oxygens (including phenoxy) is 2. The number of aryl methyl sites for hydroxylation is 1. The lowest BCUT2D eigenvalue weighted by atomic mass is 10.1. The normalized spacial score (nSPS) is 11.1. The van der Waals surface area contributed by atoms with Crippen LogP contribution in [0.5, 0.6) is 0 Å². The molecule has 0 aliphatic rings. The maximum absolute atomic E-state index is 11.8. The van der Waals surface area contributed by atoms with Gasteiger partial charge in [0.15, 0.2) is 0 Å². The molecule has 20 heavy (non-hydrogen) atoms. The maximum atomic E-state index is 11.8. The zero-order chi connectivity index (χ0) is 15.0. The van der Waals surface area contributed by atoms with E-state index in [4.69, 9.17) is 9.47 Å². The second-order valence-corrected chi connectivity index (χ2v) is 4.08. The number of carbonyl (C=O) groups is 2. The number of nitrogens with zero attached hydrogens (tertiary/aromatic N) is 1. The molecule has 0 unspecified atom stereocenters. The van der Waals surface area contributed by atoms with Crippen molar-refractivity contribution in [3.8, 4) is 0 Å². The third-order valence-corrected chi connectivity index (χ3v) is 2.41. The van der Waals surface area contributed by atoms with Crippen LogP contribution in [-0.4, -0.2) is 30.1 Å². The Morgan fingerprint density at radius 3 is 2.50 bits per heavy atom. The highest BCUT2D eigenvalue weighted by Gasteiger charge is 2.16. The standard InChI is InChI=1S/C15H19NO4/c1-4-19-14(17)10-12(15(18)20-5-2)9-13-8-6-7-11(3)16-13/h6-9H,4-5,10H2,1-3H3. The highest BCUT2D eigenvalue weighted by atomic mass is 16.5. The molecule has 0 radical (unpaired) electrons. The number of pyridine rings is 1. The van der Waals surface area contributed by atoms with Crippen molar-refractivity contribution < 1.29 is 19.1 Å². The Kier molecular flexibility index (Phi) is 6.43. The summed E-state index contributed by atoms with van der Waals surface area (Å²) in [5.41, 5.74) is 1.68. The molecule has 0 N–H and O–H groups in total. The van der Waals surface area contributed by atoms with Gasteiger partial charge in [0.2, 0.25) is 0 Å². The molecular weight excluding hydrogens is 258 g/mol. The largest absolute Gasteiger partial charge is 0.466 e. The molecule has 0 atom stereocenters. The zero-order valence-electron chi connectivity index (χ0n) is 12.0. The summed E-state index contributed by atoms with van der Waals surface area (Å²) in [4.78, 5) is 27.6. The van der Waals surface area contributed by atoms with Crippen molar-refractivity contribution >= 4 is 18.0 Å². The second kappa shape index (κ2) is 8.09. The predicted octanol–water partition coefficient (Wildman–Crippen LogP) is 2.29. The van der Waals surface area contributed by atoms with Crippen LogP contribution in [0.1, 0.15) is 31.7 Å². The molecule has 0 saturated heterocycles. The van der Waals surface area contributed by atoms with Gasteiger partial charge < -0.3 is 9.47 Å². The molecule has 0 amide bonds. The molecule has 1 aromatic heterocycles. The van der Waals surface area contributed by atoms with Crippen molar-refractivity contribution in [1.82, 2.24) is 4.98 Å². The molecule has 108 valence electrons. The number of hydrogen-bond donors (Lipinski definition) is 0. The Morgan fingerprint density at radius 2 is 1.90 bits per heavy atom. The molecule has 1 heterocycles. The van der Waals surface area contributed by atoms with E-state index in [0.717, 1.165) is 5.69 Å². The lowest BCUT2D eigenvalue weighted by molar-refractivity contribution is -0.145. The summed E-state index contributed by atoms with van der Waals surface area (Å²) in [5, 5.41) is 0. The Bertz CT molecular complexity index is 508. The fourth-order valence-corrected chi connectivity index (χ4v) is 1.60. The van der Waals surface area contributed by atoms with Gasteiger partial charge in [-0.05, 0) is 39.0 Å². The first-order valence-corrected chi connectivity index (χ1v) is 6.53. The topological polar surface area (TPSA) is 65.5 Å². The number of hydrogen-bond acceptors (Lipinski definition) is 5. The first-order chi connectivity index (χ1) is 9.56. The van der Waals surface area contributed by atoms with Crippen LogP contribution in [0.25, 0.3) is 6.08 Å². The van der Waals surface area contributed by atoms with E-state index in [-0.39, 0.29) is 25.2 Å². The van der Waals surface area contributed by atoms with E-state index >= 15 is 0 Å². The van der Waals surface area contributed by atoms with Crippen molar-refractivity contribution in [2.24, 2.45) is 0 Å². The summed E-state index contributed by atoms with van der Waals surface area (Å²) >= 11 is 0. The fourth-order valence-electron chi connectivity index (χ4n) is 1.60. The molecule has 0 bridgehead atoms. The van der Waals surface area contributed by atoms with E-state index in [1.54, 1.807) is 26.0 Å². The minimum atomic E-state index is -0.524. The molecule has 0 aromatic carbocycles. The highest BCUT2D eigenvalue weighted by molar-refractivity contribution is 5.98. The van der Waals surface area contributed by atoms with Crippen LogP contribution < -0.4 is 0 Å². The third-order valence-electron chi connectivity index (χ3n) is 2.41. The van der Waals surface area contributed by atoms with E-state index < -0.39 is 11.9 Å². The molecule has 1 rings (SSSR count). The Hall–Kier alpha value is -2.17. The number of aromatic nitrogens is 1. The lowest BCUT2D eigenvalue weighted by Gasteiger charge is -2.07. The highest BCUT2D eigenvalue weighted by Crippen LogP contribution is 2.12. The summed E-state index contributed by atoms with van der Waals surface area (Å²) < 4.78 is 9.80. The van der Waals surface area contributed by atoms with Crippen molar-refractivity contribution in [1.29, 1.82) is 0 Å². The quantitative estimate of drug-likeness (QED) is 0.589. The molecule has 5 heteroatoms. The zero-order valence-corrected chi connectivity index (χ0v) is 12.0. The summed E-state index contributed by atoms with van der Waals surface area (Å²) in [5.74, 6) is -0.983. The van der Waals surface area contributed by atoms with E-state index in [2.05, 4.69) is 4.98 Å². The molecule has 0 aliphatic carbocycles. The first-order valence-electron chi connectivity index (χ1n) is 6.53. The molecule has 5 nitrogen and oxygen atoms in total. The average molecular weight is 277 g/mol. The lowest BCUT2D eigenvalue weighted by Crippen LogP contribution is -2.13. The van der Waals surface area contributed by atoms with Crippen molar-refractivity contribution in [3.05, 3.63) is 35.2 Å². The van der Waals surface area contributed by atoms with Gasteiger partial charge in [0.05, 0.1) is 30.9 Å². The van der Waals surface area contributed by atoms with Crippen LogP contribution in [0.4, 0.5) is 0 Å². The van der Waals surface area contributed by atoms with Gasteiger partial charge in [-0.1, -0.05) is 6.07 Å². The minimum Gasteiger partial charge on any atom is -0.466 e. The molecule has 0 fully saturated rings. The Balaban J connectivity index is 2.97. The van der Waals surface area contributed by atoms with E-state index in [1.807, 2.05) is 19.1 Å². The third kappa shape index (κ3) is 5.22. The van der Waals surface area contributed by atoms with Crippen LogP contribution in [-0.2, 0) is 19.1 Å². The molecule has 0 aliphatic heterocycles. The van der Waals surface area contributed by atoms with E-state index in [0.29, 0.717) is 5.69 Å². The van der Waals surface area contributed by atoms with Crippen LogP contribution >= 0.6 is 0 Å². The van der Waals surface area contributed by atoms with E-state index in [9.17, 15) is 9.59 Å². The van der Waals surface area contributed by atoms with Gasteiger partial charge in [0.1, 0.15) is 0 Å². The average Bonchev–Trinajstić information content (AvgIpc) is 2.38. The van der Waals surface area contributed by atoms with Crippen LogP contribution in [0, 0.1) is 6.92 Å². The minimum absolute atomic E-state index is 0.123. The summed E-state index contributed by atoms with van der Waals surface area (Å²) in [7, 11) is 0. The fraction of sp³-hybridized carbons (Fsp3) is 0.400. The monoisotopic (exact) mass is 277 g/mol. The van der Waals surface area contributed by atoms with Crippen molar-refractivity contribution in [2.45, 2.75) is 27.2 Å². The van der Waals surface area contributed by atoms with Gasteiger partial charge in [-0.3, -0.25) is 9.78 Å². The van der Waals surface area contributed by atoms with Gasteiger partial charge in [-0.15, -0.1) is 0 Å². The van der Waals surface area contributed by atoms with Gasteiger partial charge >= 0.3 is 11.9 Å². The summed E-state index contributed by atoms with van der Waals surface area (Å²) in [6, 6.07) is 5.45. The summed E-state index contributed by atoms with van der Waals surface area (Å²) in [6.07, 6.45) is 1.43. The number of rotatable bonds is 6. The maximum Gasteiger partial charge on any atom is 0.334 e.